The number of aliphatic hydroxyl groups is 1. The van der Waals surface area contributed by atoms with Crippen molar-refractivity contribution in [1.29, 1.82) is 0 Å². The van der Waals surface area contributed by atoms with Crippen LogP contribution in [0, 0.1) is 0 Å². The Kier molecular flexibility index (Phi) is 1.96. The molecular weight excluding hydrogens is 166 g/mol. The average Bonchev–Trinajstić information content (AvgIpc) is 2.54. The number of nitrogens with one attached hydrogen (secondary N) is 1. The van der Waals surface area contributed by atoms with E-state index in [1.165, 1.54) is 6.07 Å². The normalized spacial score (nSPS) is 20.4. The molecule has 13 heavy (non-hydrogen) atoms. The van der Waals surface area contributed by atoms with Crippen LogP contribution < -0.4 is 5.56 Å². The number of H-pyrrole nitrogens is 1. The van der Waals surface area contributed by atoms with E-state index in [1.807, 2.05) is 0 Å². The van der Waals surface area contributed by atoms with Gasteiger partial charge in [-0.1, -0.05) is 12.8 Å². The Morgan fingerprint density at radius 3 is 2.54 bits per heavy atom. The molecule has 1 heterocycles. The minimum atomic E-state index is -0.690. The van der Waals surface area contributed by atoms with E-state index in [2.05, 4.69) is 4.98 Å². The summed E-state index contributed by atoms with van der Waals surface area (Å²) in [5.41, 5.74) is 0.0273. The number of pyridine rings is 1. The van der Waals surface area contributed by atoms with Gasteiger partial charge in [-0.25, -0.2) is 0 Å². The van der Waals surface area contributed by atoms with Crippen molar-refractivity contribution in [3.63, 3.8) is 0 Å². The molecule has 0 amide bonds. The van der Waals surface area contributed by atoms with Gasteiger partial charge >= 0.3 is 0 Å². The molecule has 1 fully saturated rings. The lowest BCUT2D eigenvalue weighted by Gasteiger charge is -2.21. The second-order valence-corrected chi connectivity index (χ2v) is 3.68. The van der Waals surface area contributed by atoms with Crippen LogP contribution in [0.25, 0.3) is 0 Å². The number of hydrogen-bond donors (Lipinski definition) is 2. The van der Waals surface area contributed by atoms with Gasteiger partial charge in [-0.15, -0.1) is 0 Å². The van der Waals surface area contributed by atoms with Crippen LogP contribution in [0.5, 0.6) is 0 Å². The Morgan fingerprint density at radius 1 is 1.31 bits per heavy atom. The van der Waals surface area contributed by atoms with Crippen LogP contribution in [-0.2, 0) is 5.60 Å². The molecular formula is C10H13NO2. The van der Waals surface area contributed by atoms with Crippen molar-refractivity contribution in [2.75, 3.05) is 0 Å². The van der Waals surface area contributed by atoms with Crippen LogP contribution in [0.4, 0.5) is 0 Å². The number of hydrogen-bond acceptors (Lipinski definition) is 2. The summed E-state index contributed by atoms with van der Waals surface area (Å²) >= 11 is 0. The maximum Gasteiger partial charge on any atom is 0.247 e. The third kappa shape index (κ3) is 1.52. The molecule has 70 valence electrons. The Balaban J connectivity index is 2.34. The van der Waals surface area contributed by atoms with E-state index >= 15 is 0 Å². The standard InChI is InChI=1S/C10H13NO2/c12-9-4-3-8(7-11-9)10(13)5-1-2-6-10/h3-4,7,13H,1-2,5-6H2,(H,11,12). The average molecular weight is 179 g/mol. The topological polar surface area (TPSA) is 53.1 Å². The third-order valence-corrected chi connectivity index (χ3v) is 2.75. The fraction of sp³-hybridized carbons (Fsp3) is 0.500. The predicted molar refractivity (Wildman–Crippen MR) is 49.4 cm³/mol. The summed E-state index contributed by atoms with van der Waals surface area (Å²) in [4.78, 5) is 13.4. The maximum atomic E-state index is 10.8. The van der Waals surface area contributed by atoms with Crippen molar-refractivity contribution in [3.8, 4) is 0 Å². The number of aromatic amines is 1. The highest BCUT2D eigenvalue weighted by molar-refractivity contribution is 5.19. The highest BCUT2D eigenvalue weighted by Crippen LogP contribution is 2.37. The summed E-state index contributed by atoms with van der Waals surface area (Å²) in [6, 6.07) is 3.18. The first-order valence-corrected chi connectivity index (χ1v) is 4.62. The van der Waals surface area contributed by atoms with Crippen LogP contribution in [0.3, 0.4) is 0 Å². The molecule has 1 aliphatic rings. The molecule has 0 saturated heterocycles. The second kappa shape index (κ2) is 3.00. The van der Waals surface area contributed by atoms with E-state index in [9.17, 15) is 9.90 Å². The van der Waals surface area contributed by atoms with Crippen LogP contribution >= 0.6 is 0 Å². The molecule has 0 spiro atoms. The first kappa shape index (κ1) is 8.51. The fourth-order valence-electron chi connectivity index (χ4n) is 1.95. The molecule has 0 radical (unpaired) electrons. The van der Waals surface area contributed by atoms with Crippen LogP contribution in [0.2, 0.25) is 0 Å². The quantitative estimate of drug-likeness (QED) is 0.679. The largest absolute Gasteiger partial charge is 0.385 e. The molecule has 0 aliphatic heterocycles. The lowest BCUT2D eigenvalue weighted by atomic mass is 9.94. The van der Waals surface area contributed by atoms with E-state index in [0.717, 1.165) is 31.2 Å². The van der Waals surface area contributed by atoms with Crippen molar-refractivity contribution in [2.24, 2.45) is 0 Å². The van der Waals surface area contributed by atoms with Crippen molar-refractivity contribution in [1.82, 2.24) is 4.98 Å². The van der Waals surface area contributed by atoms with Gasteiger partial charge in [0.05, 0.1) is 5.60 Å². The van der Waals surface area contributed by atoms with Crippen molar-refractivity contribution >= 4 is 0 Å². The molecule has 3 nitrogen and oxygen atoms in total. The van der Waals surface area contributed by atoms with E-state index < -0.39 is 5.60 Å². The molecule has 0 bridgehead atoms. The molecule has 1 aliphatic carbocycles. The van der Waals surface area contributed by atoms with Crippen molar-refractivity contribution in [2.45, 2.75) is 31.3 Å². The fourth-order valence-corrected chi connectivity index (χ4v) is 1.95. The molecule has 1 saturated carbocycles. The summed E-state index contributed by atoms with van der Waals surface area (Å²) < 4.78 is 0. The predicted octanol–water partition coefficient (Wildman–Crippen LogP) is 1.14. The van der Waals surface area contributed by atoms with E-state index in [1.54, 1.807) is 12.3 Å². The summed E-state index contributed by atoms with van der Waals surface area (Å²) in [7, 11) is 0. The summed E-state index contributed by atoms with van der Waals surface area (Å²) in [6.07, 6.45) is 5.36. The van der Waals surface area contributed by atoms with E-state index in [4.69, 9.17) is 0 Å². The van der Waals surface area contributed by atoms with Crippen molar-refractivity contribution in [3.05, 3.63) is 34.2 Å². The van der Waals surface area contributed by atoms with E-state index in [0.29, 0.717) is 0 Å². The van der Waals surface area contributed by atoms with Gasteiger partial charge in [0.25, 0.3) is 0 Å². The van der Waals surface area contributed by atoms with Crippen molar-refractivity contribution < 1.29 is 5.11 Å². The lowest BCUT2D eigenvalue weighted by Crippen LogP contribution is -2.22. The molecule has 1 aromatic rings. The Labute approximate surface area is 76.4 Å². The smallest absolute Gasteiger partial charge is 0.247 e. The van der Waals surface area contributed by atoms with Gasteiger partial charge in [-0.3, -0.25) is 4.79 Å². The van der Waals surface area contributed by atoms with E-state index in [-0.39, 0.29) is 5.56 Å². The van der Waals surface area contributed by atoms with Gasteiger partial charge in [-0.05, 0) is 24.5 Å². The molecule has 3 heteroatoms. The monoisotopic (exact) mass is 179 g/mol. The number of rotatable bonds is 1. The first-order valence-electron chi connectivity index (χ1n) is 4.62. The summed E-state index contributed by atoms with van der Waals surface area (Å²) in [6.45, 7) is 0. The van der Waals surface area contributed by atoms with Crippen LogP contribution in [0.1, 0.15) is 31.2 Å². The zero-order chi connectivity index (χ0) is 9.31. The minimum Gasteiger partial charge on any atom is -0.385 e. The highest BCUT2D eigenvalue weighted by Gasteiger charge is 2.32. The van der Waals surface area contributed by atoms with Gasteiger partial charge in [0.2, 0.25) is 5.56 Å². The molecule has 0 aromatic carbocycles. The maximum absolute atomic E-state index is 10.8. The zero-order valence-corrected chi connectivity index (χ0v) is 7.42. The molecule has 0 atom stereocenters. The Hall–Kier alpha value is -1.09. The molecule has 2 N–H and O–H groups in total. The van der Waals surface area contributed by atoms with Crippen LogP contribution in [-0.4, -0.2) is 10.1 Å². The zero-order valence-electron chi connectivity index (χ0n) is 7.42. The Morgan fingerprint density at radius 2 is 2.00 bits per heavy atom. The first-order chi connectivity index (χ1) is 6.21. The minimum absolute atomic E-state index is 0.120. The highest BCUT2D eigenvalue weighted by atomic mass is 16.3. The van der Waals surface area contributed by atoms with Gasteiger partial charge in [0.15, 0.2) is 0 Å². The SMILES string of the molecule is O=c1ccc(C2(O)CCCC2)c[nH]1. The van der Waals surface area contributed by atoms with Crippen LogP contribution in [0.15, 0.2) is 23.1 Å². The second-order valence-electron chi connectivity index (χ2n) is 3.68. The third-order valence-electron chi connectivity index (χ3n) is 2.75. The van der Waals surface area contributed by atoms with Gasteiger partial charge in [0.1, 0.15) is 0 Å². The molecule has 2 rings (SSSR count). The van der Waals surface area contributed by atoms with Gasteiger partial charge in [0, 0.05) is 12.3 Å². The molecule has 0 unspecified atom stereocenters. The number of aromatic nitrogens is 1. The lowest BCUT2D eigenvalue weighted by molar-refractivity contribution is 0.0441. The summed E-state index contributed by atoms with van der Waals surface area (Å²) in [5.74, 6) is 0. The van der Waals surface area contributed by atoms with Gasteiger partial charge in [-0.2, -0.15) is 0 Å². The summed E-state index contributed by atoms with van der Waals surface area (Å²) in [5, 5.41) is 10.1. The molecule has 1 aromatic heterocycles. The van der Waals surface area contributed by atoms with Gasteiger partial charge < -0.3 is 10.1 Å². The Bertz CT molecular complexity index is 330.